The lowest BCUT2D eigenvalue weighted by Gasteiger charge is -2.21. The summed E-state index contributed by atoms with van der Waals surface area (Å²) < 4.78 is 9.83. The molecule has 0 saturated heterocycles. The Hall–Kier alpha value is -1.33. The second-order valence-electron chi connectivity index (χ2n) is 4.83. The lowest BCUT2D eigenvalue weighted by Crippen LogP contribution is -2.37. The minimum Gasteiger partial charge on any atom is -0.467 e. The molecule has 5 heteroatoms. The molecule has 0 aliphatic heterocycles. The summed E-state index contributed by atoms with van der Waals surface area (Å²) in [6.45, 7) is 1.06. The van der Waals surface area contributed by atoms with Gasteiger partial charge < -0.3 is 19.6 Å². The molecule has 0 bridgehead atoms. The fourth-order valence-corrected chi connectivity index (χ4v) is 2.33. The summed E-state index contributed by atoms with van der Waals surface area (Å²) in [5.41, 5.74) is -0.161. The van der Waals surface area contributed by atoms with Gasteiger partial charge in [0, 0.05) is 6.54 Å². The van der Waals surface area contributed by atoms with Crippen LogP contribution in [0.4, 0.5) is 0 Å². The summed E-state index contributed by atoms with van der Waals surface area (Å²) in [5, 5.41) is 13.3. The largest absolute Gasteiger partial charge is 0.467 e. The van der Waals surface area contributed by atoms with Crippen molar-refractivity contribution in [3.63, 3.8) is 0 Å². The van der Waals surface area contributed by atoms with Gasteiger partial charge in [-0.2, -0.15) is 0 Å². The predicted octanol–water partition coefficient (Wildman–Crippen LogP) is 1.46. The monoisotopic (exact) mass is 253 g/mol. The van der Waals surface area contributed by atoms with E-state index in [1.165, 1.54) is 13.4 Å². The number of esters is 1. The van der Waals surface area contributed by atoms with Crippen molar-refractivity contribution in [2.24, 2.45) is 0 Å². The number of methoxy groups -OCH3 is 1. The van der Waals surface area contributed by atoms with Crippen molar-refractivity contribution >= 4 is 5.97 Å². The number of hydrogen-bond acceptors (Lipinski definition) is 5. The average Bonchev–Trinajstić information content (AvgIpc) is 2.98. The van der Waals surface area contributed by atoms with E-state index in [1.54, 1.807) is 6.07 Å². The van der Waals surface area contributed by atoms with Gasteiger partial charge in [-0.25, -0.2) is 4.79 Å². The Kier molecular flexibility index (Phi) is 4.04. The molecule has 1 heterocycles. The van der Waals surface area contributed by atoms with E-state index >= 15 is 0 Å². The molecule has 0 unspecified atom stereocenters. The first-order valence-electron chi connectivity index (χ1n) is 6.22. The summed E-state index contributed by atoms with van der Waals surface area (Å²) in [7, 11) is 1.34. The van der Waals surface area contributed by atoms with E-state index in [0.717, 1.165) is 25.7 Å². The van der Waals surface area contributed by atoms with Crippen LogP contribution >= 0.6 is 0 Å². The van der Waals surface area contributed by atoms with Gasteiger partial charge in [-0.15, -0.1) is 0 Å². The highest BCUT2D eigenvalue weighted by atomic mass is 16.5. The zero-order valence-corrected chi connectivity index (χ0v) is 10.6. The van der Waals surface area contributed by atoms with Crippen LogP contribution in [0.25, 0.3) is 0 Å². The van der Waals surface area contributed by atoms with Crippen LogP contribution in [0.3, 0.4) is 0 Å². The van der Waals surface area contributed by atoms with Crippen LogP contribution in [0.2, 0.25) is 0 Å². The SMILES string of the molecule is COC(=O)c1coc(CNCC2(O)CCCC2)c1. The first-order valence-corrected chi connectivity index (χ1v) is 6.22. The van der Waals surface area contributed by atoms with Gasteiger partial charge in [0.1, 0.15) is 12.0 Å². The number of hydrogen-bond donors (Lipinski definition) is 2. The Balaban J connectivity index is 1.80. The number of carbonyl (C=O) groups excluding carboxylic acids is 1. The summed E-state index contributed by atoms with van der Waals surface area (Å²) in [6, 6.07) is 1.65. The zero-order valence-electron chi connectivity index (χ0n) is 10.6. The fourth-order valence-electron chi connectivity index (χ4n) is 2.33. The van der Waals surface area contributed by atoms with E-state index in [9.17, 15) is 9.90 Å². The quantitative estimate of drug-likeness (QED) is 0.777. The lowest BCUT2D eigenvalue weighted by atomic mass is 10.0. The first kappa shape index (κ1) is 13.1. The minimum atomic E-state index is -0.572. The Morgan fingerprint density at radius 1 is 1.56 bits per heavy atom. The molecule has 1 aliphatic rings. The molecule has 0 aromatic carbocycles. The van der Waals surface area contributed by atoms with E-state index in [1.807, 2.05) is 0 Å². The summed E-state index contributed by atoms with van der Waals surface area (Å²) in [5.74, 6) is 0.261. The second kappa shape index (κ2) is 5.54. The van der Waals surface area contributed by atoms with Crippen LogP contribution in [0, 0.1) is 0 Å². The Labute approximate surface area is 106 Å². The molecule has 18 heavy (non-hydrogen) atoms. The molecule has 5 nitrogen and oxygen atoms in total. The molecule has 2 rings (SSSR count). The standard InChI is InChI=1S/C13H19NO4/c1-17-12(15)10-6-11(18-8-10)7-14-9-13(16)4-2-3-5-13/h6,8,14,16H,2-5,7,9H2,1H3. The molecule has 0 radical (unpaired) electrons. The number of aliphatic hydroxyl groups is 1. The van der Waals surface area contributed by atoms with Gasteiger partial charge in [-0.05, 0) is 18.9 Å². The van der Waals surface area contributed by atoms with E-state index in [2.05, 4.69) is 10.1 Å². The van der Waals surface area contributed by atoms with Gasteiger partial charge in [-0.1, -0.05) is 12.8 Å². The Morgan fingerprint density at radius 3 is 2.94 bits per heavy atom. The van der Waals surface area contributed by atoms with Crippen LogP contribution in [-0.2, 0) is 11.3 Å². The maximum Gasteiger partial charge on any atom is 0.341 e. The maximum absolute atomic E-state index is 11.2. The molecule has 100 valence electrons. The van der Waals surface area contributed by atoms with Crippen molar-refractivity contribution in [1.82, 2.24) is 5.32 Å². The second-order valence-corrected chi connectivity index (χ2v) is 4.83. The van der Waals surface area contributed by atoms with Gasteiger partial charge in [0.25, 0.3) is 0 Å². The molecule has 2 N–H and O–H groups in total. The van der Waals surface area contributed by atoms with Crippen molar-refractivity contribution in [3.8, 4) is 0 Å². The third-order valence-corrected chi connectivity index (χ3v) is 3.36. The highest BCUT2D eigenvalue weighted by Gasteiger charge is 2.30. The van der Waals surface area contributed by atoms with Crippen LogP contribution in [-0.4, -0.2) is 30.3 Å². The van der Waals surface area contributed by atoms with E-state index < -0.39 is 11.6 Å². The molecular formula is C13H19NO4. The van der Waals surface area contributed by atoms with Crippen molar-refractivity contribution in [2.75, 3.05) is 13.7 Å². The minimum absolute atomic E-state index is 0.403. The molecule has 1 aliphatic carbocycles. The fraction of sp³-hybridized carbons (Fsp3) is 0.615. The highest BCUT2D eigenvalue weighted by Crippen LogP contribution is 2.28. The summed E-state index contributed by atoms with van der Waals surface area (Å²) >= 11 is 0. The van der Waals surface area contributed by atoms with Crippen LogP contribution in [0.5, 0.6) is 0 Å². The van der Waals surface area contributed by atoms with Crippen LogP contribution in [0.1, 0.15) is 41.8 Å². The lowest BCUT2D eigenvalue weighted by molar-refractivity contribution is 0.0470. The smallest absolute Gasteiger partial charge is 0.341 e. The summed E-state index contributed by atoms with van der Waals surface area (Å²) in [4.78, 5) is 11.2. The molecule has 1 saturated carbocycles. The van der Waals surface area contributed by atoms with Crippen molar-refractivity contribution in [2.45, 2.75) is 37.8 Å². The molecular weight excluding hydrogens is 234 g/mol. The van der Waals surface area contributed by atoms with E-state index in [4.69, 9.17) is 4.42 Å². The highest BCUT2D eigenvalue weighted by molar-refractivity contribution is 5.88. The maximum atomic E-state index is 11.2. The van der Waals surface area contributed by atoms with Crippen molar-refractivity contribution in [3.05, 3.63) is 23.7 Å². The van der Waals surface area contributed by atoms with Crippen molar-refractivity contribution < 1.29 is 19.1 Å². The van der Waals surface area contributed by atoms with Gasteiger partial charge in [-0.3, -0.25) is 0 Å². The van der Waals surface area contributed by atoms with Crippen LogP contribution < -0.4 is 5.32 Å². The normalized spacial score (nSPS) is 17.9. The van der Waals surface area contributed by atoms with Gasteiger partial charge >= 0.3 is 5.97 Å². The van der Waals surface area contributed by atoms with E-state index in [0.29, 0.717) is 24.4 Å². The molecule has 0 amide bonds. The Bertz CT molecular complexity index is 407. The molecule has 1 fully saturated rings. The third kappa shape index (κ3) is 3.11. The predicted molar refractivity (Wildman–Crippen MR) is 65.2 cm³/mol. The van der Waals surface area contributed by atoms with Crippen molar-refractivity contribution in [1.29, 1.82) is 0 Å². The van der Waals surface area contributed by atoms with Gasteiger partial charge in [0.2, 0.25) is 0 Å². The van der Waals surface area contributed by atoms with Gasteiger partial charge in [0.05, 0.1) is 24.8 Å². The number of furan rings is 1. The van der Waals surface area contributed by atoms with E-state index in [-0.39, 0.29) is 0 Å². The number of rotatable bonds is 5. The zero-order chi connectivity index (χ0) is 13.0. The average molecular weight is 253 g/mol. The number of ether oxygens (including phenoxy) is 1. The molecule has 1 aromatic rings. The Morgan fingerprint density at radius 2 is 2.28 bits per heavy atom. The third-order valence-electron chi connectivity index (χ3n) is 3.36. The van der Waals surface area contributed by atoms with Gasteiger partial charge in [0.15, 0.2) is 0 Å². The number of carbonyl (C=O) groups is 1. The van der Waals surface area contributed by atoms with Crippen LogP contribution in [0.15, 0.2) is 16.7 Å². The summed E-state index contributed by atoms with van der Waals surface area (Å²) in [6.07, 6.45) is 5.26. The molecule has 0 atom stereocenters. The topological polar surface area (TPSA) is 71.7 Å². The molecule has 1 aromatic heterocycles. The number of nitrogens with one attached hydrogen (secondary N) is 1. The first-order chi connectivity index (χ1) is 8.63. The molecule has 0 spiro atoms.